The van der Waals surface area contributed by atoms with Gasteiger partial charge in [0.15, 0.2) is 12.2 Å². The molecule has 0 spiro atoms. The third-order valence-electron chi connectivity index (χ3n) is 2.56. The number of hydrogen-bond donors (Lipinski definition) is 1. The lowest BCUT2D eigenvalue weighted by atomic mass is 10.1. The van der Waals surface area contributed by atoms with E-state index in [0.29, 0.717) is 22.3 Å². The SMILES string of the molecule is CCCNCc1ncoc1-c1cccc(F)c1Br. The van der Waals surface area contributed by atoms with E-state index in [1.54, 1.807) is 12.1 Å². The molecule has 0 bridgehead atoms. The molecule has 0 saturated heterocycles. The first kappa shape index (κ1) is 13.2. The number of nitrogens with zero attached hydrogens (tertiary/aromatic N) is 1. The molecular formula is C13H14BrFN2O. The average molecular weight is 313 g/mol. The highest BCUT2D eigenvalue weighted by atomic mass is 79.9. The van der Waals surface area contributed by atoms with Gasteiger partial charge >= 0.3 is 0 Å². The summed E-state index contributed by atoms with van der Waals surface area (Å²) >= 11 is 3.23. The lowest BCUT2D eigenvalue weighted by Gasteiger charge is -2.05. The number of aromatic nitrogens is 1. The second-order valence-corrected chi connectivity index (χ2v) is 4.70. The summed E-state index contributed by atoms with van der Waals surface area (Å²) in [6, 6.07) is 4.86. The Morgan fingerprint density at radius 1 is 1.44 bits per heavy atom. The number of nitrogens with one attached hydrogen (secondary N) is 1. The lowest BCUT2D eigenvalue weighted by Crippen LogP contribution is -2.14. The van der Waals surface area contributed by atoms with Crippen LogP contribution in [0.5, 0.6) is 0 Å². The van der Waals surface area contributed by atoms with Crippen LogP contribution in [-0.4, -0.2) is 11.5 Å². The molecule has 0 aliphatic heterocycles. The number of benzene rings is 1. The van der Waals surface area contributed by atoms with Crippen molar-refractivity contribution in [2.45, 2.75) is 19.9 Å². The van der Waals surface area contributed by atoms with Crippen LogP contribution in [0.3, 0.4) is 0 Å². The first-order chi connectivity index (χ1) is 8.74. The zero-order valence-electron chi connectivity index (χ0n) is 10.0. The van der Waals surface area contributed by atoms with Gasteiger partial charge in [0.05, 0.1) is 4.47 Å². The van der Waals surface area contributed by atoms with Crippen molar-refractivity contribution in [1.29, 1.82) is 0 Å². The molecule has 1 aromatic heterocycles. The Balaban J connectivity index is 2.28. The normalized spacial score (nSPS) is 10.8. The fourth-order valence-electron chi connectivity index (χ4n) is 1.68. The minimum absolute atomic E-state index is 0.309. The summed E-state index contributed by atoms with van der Waals surface area (Å²) in [5, 5.41) is 3.25. The summed E-state index contributed by atoms with van der Waals surface area (Å²) in [4.78, 5) is 4.16. The molecule has 2 aromatic rings. The van der Waals surface area contributed by atoms with Crippen LogP contribution >= 0.6 is 15.9 Å². The van der Waals surface area contributed by atoms with E-state index in [0.717, 1.165) is 18.7 Å². The Kier molecular flexibility index (Phi) is 4.49. The maximum atomic E-state index is 13.5. The zero-order valence-corrected chi connectivity index (χ0v) is 11.6. The number of rotatable bonds is 5. The Morgan fingerprint density at radius 2 is 2.28 bits per heavy atom. The van der Waals surface area contributed by atoms with Crippen molar-refractivity contribution in [2.75, 3.05) is 6.54 Å². The molecule has 0 atom stereocenters. The van der Waals surface area contributed by atoms with Crippen molar-refractivity contribution in [2.24, 2.45) is 0 Å². The molecule has 0 aliphatic carbocycles. The highest BCUT2D eigenvalue weighted by molar-refractivity contribution is 9.10. The maximum absolute atomic E-state index is 13.5. The minimum Gasteiger partial charge on any atom is -0.443 e. The van der Waals surface area contributed by atoms with Crippen molar-refractivity contribution < 1.29 is 8.81 Å². The molecule has 5 heteroatoms. The third kappa shape index (κ3) is 2.79. The minimum atomic E-state index is -0.309. The number of halogens is 2. The van der Waals surface area contributed by atoms with Gasteiger partial charge in [0, 0.05) is 12.1 Å². The lowest BCUT2D eigenvalue weighted by molar-refractivity contribution is 0.566. The van der Waals surface area contributed by atoms with Crippen LogP contribution < -0.4 is 5.32 Å². The molecule has 1 heterocycles. The van der Waals surface area contributed by atoms with Gasteiger partial charge in [-0.2, -0.15) is 0 Å². The van der Waals surface area contributed by atoms with E-state index in [1.165, 1.54) is 12.5 Å². The molecule has 2 rings (SSSR count). The molecule has 0 aliphatic rings. The fraction of sp³-hybridized carbons (Fsp3) is 0.308. The van der Waals surface area contributed by atoms with E-state index in [4.69, 9.17) is 4.42 Å². The smallest absolute Gasteiger partial charge is 0.181 e. The molecule has 0 amide bonds. The van der Waals surface area contributed by atoms with E-state index >= 15 is 0 Å². The monoisotopic (exact) mass is 312 g/mol. The van der Waals surface area contributed by atoms with Gasteiger partial charge in [-0.3, -0.25) is 0 Å². The molecular weight excluding hydrogens is 299 g/mol. The van der Waals surface area contributed by atoms with E-state index in [9.17, 15) is 4.39 Å². The molecule has 0 radical (unpaired) electrons. The number of oxazole rings is 1. The van der Waals surface area contributed by atoms with Gasteiger partial charge < -0.3 is 9.73 Å². The standard InChI is InChI=1S/C13H14BrFN2O/c1-2-6-16-7-11-13(18-8-17-11)9-4-3-5-10(15)12(9)14/h3-5,8,16H,2,6-7H2,1H3. The molecule has 0 saturated carbocycles. The summed E-state index contributed by atoms with van der Waals surface area (Å²) in [6.45, 7) is 3.62. The summed E-state index contributed by atoms with van der Waals surface area (Å²) in [5.41, 5.74) is 1.47. The van der Waals surface area contributed by atoms with Crippen LogP contribution in [0.25, 0.3) is 11.3 Å². The molecule has 18 heavy (non-hydrogen) atoms. The van der Waals surface area contributed by atoms with Crippen LogP contribution in [0.15, 0.2) is 33.5 Å². The van der Waals surface area contributed by atoms with Crippen molar-refractivity contribution in [3.8, 4) is 11.3 Å². The van der Waals surface area contributed by atoms with E-state index in [2.05, 4.69) is 33.2 Å². The second-order valence-electron chi connectivity index (χ2n) is 3.91. The van der Waals surface area contributed by atoms with E-state index in [-0.39, 0.29) is 5.82 Å². The molecule has 0 fully saturated rings. The van der Waals surface area contributed by atoms with Crippen LogP contribution in [0.4, 0.5) is 4.39 Å². The molecule has 1 N–H and O–H groups in total. The van der Waals surface area contributed by atoms with E-state index < -0.39 is 0 Å². The first-order valence-corrected chi connectivity index (χ1v) is 6.60. The average Bonchev–Trinajstić information content (AvgIpc) is 2.81. The Bertz CT molecular complexity index is 527. The first-order valence-electron chi connectivity index (χ1n) is 5.81. The summed E-state index contributed by atoms with van der Waals surface area (Å²) < 4.78 is 19.3. The predicted octanol–water partition coefficient (Wildman–Crippen LogP) is 3.74. The van der Waals surface area contributed by atoms with Gasteiger partial charge in [-0.05, 0) is 41.0 Å². The Hall–Kier alpha value is -1.20. The van der Waals surface area contributed by atoms with Crippen molar-refractivity contribution in [1.82, 2.24) is 10.3 Å². The summed E-state index contributed by atoms with van der Waals surface area (Å²) in [5.74, 6) is 0.293. The largest absolute Gasteiger partial charge is 0.443 e. The fourth-order valence-corrected chi connectivity index (χ4v) is 2.12. The third-order valence-corrected chi connectivity index (χ3v) is 3.36. The molecule has 3 nitrogen and oxygen atoms in total. The van der Waals surface area contributed by atoms with Crippen LogP contribution in [0.1, 0.15) is 19.0 Å². The van der Waals surface area contributed by atoms with Crippen LogP contribution in [-0.2, 0) is 6.54 Å². The quantitative estimate of drug-likeness (QED) is 0.855. The Labute approximate surface area is 114 Å². The summed E-state index contributed by atoms with van der Waals surface area (Å²) in [7, 11) is 0. The topological polar surface area (TPSA) is 38.1 Å². The number of hydrogen-bond acceptors (Lipinski definition) is 3. The summed E-state index contributed by atoms with van der Waals surface area (Å²) in [6.07, 6.45) is 2.44. The van der Waals surface area contributed by atoms with Gasteiger partial charge in [0.2, 0.25) is 0 Å². The van der Waals surface area contributed by atoms with Crippen molar-refractivity contribution in [3.63, 3.8) is 0 Å². The van der Waals surface area contributed by atoms with Gasteiger partial charge in [0.25, 0.3) is 0 Å². The van der Waals surface area contributed by atoms with Gasteiger partial charge in [-0.25, -0.2) is 9.37 Å². The van der Waals surface area contributed by atoms with Crippen LogP contribution in [0, 0.1) is 5.82 Å². The highest BCUT2D eigenvalue weighted by Gasteiger charge is 2.15. The van der Waals surface area contributed by atoms with Gasteiger partial charge in [0.1, 0.15) is 11.5 Å². The van der Waals surface area contributed by atoms with Crippen molar-refractivity contribution in [3.05, 3.63) is 40.6 Å². The van der Waals surface area contributed by atoms with Gasteiger partial charge in [-0.15, -0.1) is 0 Å². The van der Waals surface area contributed by atoms with E-state index in [1.807, 2.05) is 0 Å². The Morgan fingerprint density at radius 3 is 3.06 bits per heavy atom. The maximum Gasteiger partial charge on any atom is 0.181 e. The predicted molar refractivity (Wildman–Crippen MR) is 71.6 cm³/mol. The molecule has 96 valence electrons. The highest BCUT2D eigenvalue weighted by Crippen LogP contribution is 2.32. The zero-order chi connectivity index (χ0) is 13.0. The van der Waals surface area contributed by atoms with Gasteiger partial charge in [-0.1, -0.05) is 13.0 Å². The molecule has 0 unspecified atom stereocenters. The van der Waals surface area contributed by atoms with Crippen molar-refractivity contribution >= 4 is 15.9 Å². The second kappa shape index (κ2) is 6.11. The van der Waals surface area contributed by atoms with Crippen LogP contribution in [0.2, 0.25) is 0 Å². The molecule has 1 aromatic carbocycles.